The molecule has 11 aromatic rings. The van der Waals surface area contributed by atoms with E-state index in [0.717, 1.165) is 22.7 Å². The summed E-state index contributed by atoms with van der Waals surface area (Å²) in [7, 11) is 0. The molecule has 1 aromatic heterocycles. The number of rotatable bonds is 6. The van der Waals surface area contributed by atoms with Gasteiger partial charge in [0.1, 0.15) is 0 Å². The Labute approximate surface area is 337 Å². The van der Waals surface area contributed by atoms with Gasteiger partial charge in [-0.15, -0.1) is 0 Å². The zero-order valence-corrected chi connectivity index (χ0v) is 31.7. The van der Waals surface area contributed by atoms with Gasteiger partial charge in [-0.25, -0.2) is 0 Å². The van der Waals surface area contributed by atoms with Gasteiger partial charge in [-0.1, -0.05) is 133 Å². The fourth-order valence-electron chi connectivity index (χ4n) is 9.19. The molecular weight excluding hydrogens is 701 g/mol. The van der Waals surface area contributed by atoms with Gasteiger partial charge in [-0.3, -0.25) is 0 Å². The summed E-state index contributed by atoms with van der Waals surface area (Å²) < 4.78 is 2.40. The molecule has 2 nitrogen and oxygen atoms in total. The predicted octanol–water partition coefficient (Wildman–Crippen LogP) is 15.5. The van der Waals surface area contributed by atoms with Gasteiger partial charge in [0.15, 0.2) is 0 Å². The number of aromatic nitrogens is 1. The third kappa shape index (κ3) is 5.19. The standard InChI is InChI=1S/C56H36N2/c1-4-12-37(13-5-1)39-22-25-46(26-23-39)57(48-28-29-50-49-18-10-11-19-55(49)58(56(50)36-48)45-16-8-3-9-17-45)47-27-24-42-33-52-53-34-43-30-40(38-14-6-2-7-15-38)20-21-41(43)32-51(53)54(52)35-44(42)31-47/h1-36H. The minimum Gasteiger partial charge on any atom is -0.310 e. The molecule has 58 heavy (non-hydrogen) atoms. The number of fused-ring (bicyclic) bond motifs is 9. The van der Waals surface area contributed by atoms with E-state index >= 15 is 0 Å². The van der Waals surface area contributed by atoms with E-state index in [0.29, 0.717) is 0 Å². The van der Waals surface area contributed by atoms with Crippen LogP contribution in [0.1, 0.15) is 0 Å². The molecule has 0 fully saturated rings. The number of hydrogen-bond donors (Lipinski definition) is 0. The minimum absolute atomic E-state index is 1.11. The lowest BCUT2D eigenvalue weighted by Gasteiger charge is -2.28. The summed E-state index contributed by atoms with van der Waals surface area (Å²) in [5, 5.41) is 7.50. The topological polar surface area (TPSA) is 8.17 Å². The fourth-order valence-corrected chi connectivity index (χ4v) is 9.19. The van der Waals surface area contributed by atoms with Crippen molar-refractivity contribution in [3.63, 3.8) is 0 Å². The van der Waals surface area contributed by atoms with E-state index < -0.39 is 0 Å². The monoisotopic (exact) mass is 736 g/mol. The first kappa shape index (κ1) is 32.6. The van der Waals surface area contributed by atoms with E-state index in [-0.39, 0.29) is 0 Å². The average molecular weight is 737 g/mol. The van der Waals surface area contributed by atoms with Crippen molar-refractivity contribution in [1.29, 1.82) is 0 Å². The fraction of sp³-hybridized carbons (Fsp3) is 0. The van der Waals surface area contributed by atoms with Gasteiger partial charge in [-0.2, -0.15) is 0 Å². The van der Waals surface area contributed by atoms with E-state index in [1.165, 1.54) is 87.9 Å². The van der Waals surface area contributed by atoms with Crippen molar-refractivity contribution in [2.24, 2.45) is 0 Å². The van der Waals surface area contributed by atoms with E-state index in [9.17, 15) is 0 Å². The van der Waals surface area contributed by atoms with Crippen molar-refractivity contribution < 1.29 is 0 Å². The van der Waals surface area contributed by atoms with Crippen LogP contribution < -0.4 is 4.90 Å². The van der Waals surface area contributed by atoms with Gasteiger partial charge >= 0.3 is 0 Å². The second-order valence-corrected chi connectivity index (χ2v) is 15.4. The Balaban J connectivity index is 0.997. The zero-order chi connectivity index (χ0) is 38.2. The molecule has 0 spiro atoms. The Bertz CT molecular complexity index is 3360. The van der Waals surface area contributed by atoms with Crippen molar-refractivity contribution >= 4 is 60.4 Å². The maximum Gasteiger partial charge on any atom is 0.0561 e. The summed E-state index contributed by atoms with van der Waals surface area (Å²) >= 11 is 0. The van der Waals surface area contributed by atoms with Crippen molar-refractivity contribution in [2.75, 3.05) is 4.90 Å². The molecule has 1 aliphatic carbocycles. The molecule has 0 bridgehead atoms. The molecule has 10 aromatic carbocycles. The number of hydrogen-bond acceptors (Lipinski definition) is 1. The predicted molar refractivity (Wildman–Crippen MR) is 246 cm³/mol. The third-order valence-corrected chi connectivity index (χ3v) is 12.0. The largest absolute Gasteiger partial charge is 0.310 e. The van der Waals surface area contributed by atoms with E-state index in [1.54, 1.807) is 0 Å². The smallest absolute Gasteiger partial charge is 0.0561 e. The van der Waals surface area contributed by atoms with Crippen LogP contribution in [-0.2, 0) is 0 Å². The molecule has 0 radical (unpaired) electrons. The van der Waals surface area contributed by atoms with E-state index in [2.05, 4.69) is 228 Å². The summed E-state index contributed by atoms with van der Waals surface area (Å²) in [5.41, 5.74) is 17.1. The number of benzene rings is 10. The number of nitrogens with zero attached hydrogens (tertiary/aromatic N) is 2. The molecular formula is C56H36N2. The van der Waals surface area contributed by atoms with Crippen LogP contribution in [0, 0.1) is 0 Å². The van der Waals surface area contributed by atoms with Crippen LogP contribution in [0.4, 0.5) is 17.1 Å². The number of para-hydroxylation sites is 2. The normalized spacial score (nSPS) is 11.8. The first-order valence-electron chi connectivity index (χ1n) is 20.0. The van der Waals surface area contributed by atoms with E-state index in [1.807, 2.05) is 0 Å². The quantitative estimate of drug-likeness (QED) is 0.165. The highest BCUT2D eigenvalue weighted by atomic mass is 15.1. The van der Waals surface area contributed by atoms with Crippen molar-refractivity contribution in [2.45, 2.75) is 0 Å². The van der Waals surface area contributed by atoms with Crippen LogP contribution in [0.25, 0.3) is 93.5 Å². The lowest BCUT2D eigenvalue weighted by molar-refractivity contribution is 1.18. The van der Waals surface area contributed by atoms with Crippen LogP contribution in [0.3, 0.4) is 0 Å². The van der Waals surface area contributed by atoms with Gasteiger partial charge in [0.05, 0.1) is 11.0 Å². The van der Waals surface area contributed by atoms with Crippen molar-refractivity contribution in [3.05, 3.63) is 218 Å². The molecule has 0 saturated heterocycles. The summed E-state index contributed by atoms with van der Waals surface area (Å²) in [6.45, 7) is 0. The third-order valence-electron chi connectivity index (χ3n) is 12.0. The second kappa shape index (κ2) is 12.9. The summed E-state index contributed by atoms with van der Waals surface area (Å²) in [6.07, 6.45) is 0. The van der Waals surface area contributed by atoms with Crippen molar-refractivity contribution in [3.8, 4) is 50.2 Å². The molecule has 1 heterocycles. The Morgan fingerprint density at radius 2 is 0.741 bits per heavy atom. The Morgan fingerprint density at radius 3 is 1.43 bits per heavy atom. The van der Waals surface area contributed by atoms with Gasteiger partial charge < -0.3 is 9.47 Å². The maximum atomic E-state index is 2.41. The molecule has 0 aliphatic heterocycles. The van der Waals surface area contributed by atoms with Crippen LogP contribution in [-0.4, -0.2) is 4.57 Å². The van der Waals surface area contributed by atoms with Crippen LogP contribution in [0.15, 0.2) is 218 Å². The second-order valence-electron chi connectivity index (χ2n) is 15.4. The molecule has 0 amide bonds. The lowest BCUT2D eigenvalue weighted by Crippen LogP contribution is -2.10. The first-order valence-corrected chi connectivity index (χ1v) is 20.0. The highest BCUT2D eigenvalue weighted by molar-refractivity contribution is 6.13. The summed E-state index contributed by atoms with van der Waals surface area (Å²) in [6, 6.07) is 79.9. The molecule has 12 rings (SSSR count). The van der Waals surface area contributed by atoms with E-state index in [4.69, 9.17) is 0 Å². The van der Waals surface area contributed by atoms with Crippen LogP contribution >= 0.6 is 0 Å². The Morgan fingerprint density at radius 1 is 0.276 bits per heavy atom. The zero-order valence-electron chi connectivity index (χ0n) is 31.7. The van der Waals surface area contributed by atoms with Crippen molar-refractivity contribution in [1.82, 2.24) is 4.57 Å². The highest BCUT2D eigenvalue weighted by Gasteiger charge is 2.25. The van der Waals surface area contributed by atoms with Gasteiger partial charge in [-0.05, 0) is 151 Å². The molecule has 0 saturated carbocycles. The first-order chi connectivity index (χ1) is 28.7. The number of anilines is 3. The maximum absolute atomic E-state index is 2.41. The van der Waals surface area contributed by atoms with Gasteiger partial charge in [0.2, 0.25) is 0 Å². The molecule has 0 atom stereocenters. The SMILES string of the molecule is c1ccc(-c2ccc(N(c3ccc4cc5c(cc4c3)-c3cc4ccc(-c6ccccc6)cc4cc3-5)c3ccc4c5ccccc5n(-c5ccccc5)c4c3)cc2)cc1. The molecule has 270 valence electrons. The van der Waals surface area contributed by atoms with Gasteiger partial charge in [0.25, 0.3) is 0 Å². The molecule has 0 N–H and O–H groups in total. The van der Waals surface area contributed by atoms with Crippen LogP contribution in [0.2, 0.25) is 0 Å². The minimum atomic E-state index is 1.11. The average Bonchev–Trinajstić information content (AvgIpc) is 3.62. The lowest BCUT2D eigenvalue weighted by atomic mass is 9.77. The van der Waals surface area contributed by atoms with Crippen LogP contribution in [0.5, 0.6) is 0 Å². The Kier molecular flexibility index (Phi) is 7.26. The summed E-state index contributed by atoms with van der Waals surface area (Å²) in [4.78, 5) is 2.41. The highest BCUT2D eigenvalue weighted by Crippen LogP contribution is 2.51. The van der Waals surface area contributed by atoms with Gasteiger partial charge in [0, 0.05) is 33.5 Å². The molecule has 1 aliphatic rings. The Hall–Kier alpha value is -7.68. The molecule has 0 unspecified atom stereocenters. The summed E-state index contributed by atoms with van der Waals surface area (Å²) in [5.74, 6) is 0. The molecule has 2 heteroatoms.